The van der Waals surface area contributed by atoms with Crippen molar-refractivity contribution in [2.45, 2.75) is 32.1 Å². The molecule has 0 amide bonds. The van der Waals surface area contributed by atoms with Gasteiger partial charge in [-0.25, -0.2) is 0 Å². The van der Waals surface area contributed by atoms with E-state index in [2.05, 4.69) is 12.0 Å². The van der Waals surface area contributed by atoms with Crippen LogP contribution in [0.3, 0.4) is 0 Å². The zero-order chi connectivity index (χ0) is 11.5. The first-order chi connectivity index (χ1) is 7.74. The third-order valence-corrected chi connectivity index (χ3v) is 3.40. The Morgan fingerprint density at radius 2 is 2.12 bits per heavy atom. The molecule has 1 aliphatic heterocycles. The highest BCUT2D eigenvalue weighted by Gasteiger charge is 2.23. The van der Waals surface area contributed by atoms with Crippen LogP contribution in [0.15, 0.2) is 0 Å². The van der Waals surface area contributed by atoms with Gasteiger partial charge in [-0.3, -0.25) is 4.68 Å². The topological polar surface area (TPSA) is 53.1 Å². The van der Waals surface area contributed by atoms with Crippen LogP contribution in [0.2, 0.25) is 0 Å². The van der Waals surface area contributed by atoms with E-state index < -0.39 is 0 Å². The van der Waals surface area contributed by atoms with Crippen LogP contribution in [0.5, 0.6) is 0 Å². The van der Waals surface area contributed by atoms with E-state index in [0.29, 0.717) is 12.5 Å². The lowest BCUT2D eigenvalue weighted by Crippen LogP contribution is -2.17. The summed E-state index contributed by atoms with van der Waals surface area (Å²) >= 11 is 0. The van der Waals surface area contributed by atoms with Crippen molar-refractivity contribution in [3.63, 3.8) is 0 Å². The molecule has 0 saturated carbocycles. The third kappa shape index (κ3) is 2.13. The van der Waals surface area contributed by atoms with Crippen molar-refractivity contribution in [3.8, 4) is 0 Å². The molecular formula is C12H21N3O. The van der Waals surface area contributed by atoms with Crippen LogP contribution in [-0.4, -0.2) is 29.5 Å². The van der Waals surface area contributed by atoms with Crippen molar-refractivity contribution >= 4 is 0 Å². The first kappa shape index (κ1) is 11.6. The van der Waals surface area contributed by atoms with Gasteiger partial charge in [-0.15, -0.1) is 0 Å². The fourth-order valence-corrected chi connectivity index (χ4v) is 2.67. The van der Waals surface area contributed by atoms with Crippen LogP contribution in [0, 0.1) is 6.92 Å². The number of aromatic nitrogens is 2. The standard InChI is InChI=1S/C12H21N3O/c1-9-12(10-4-7-16-8-5-10)11(3-6-13)15(2)14-9/h10H,3-8,13H2,1-2H3. The van der Waals surface area contributed by atoms with E-state index in [9.17, 15) is 0 Å². The molecule has 4 heteroatoms. The largest absolute Gasteiger partial charge is 0.381 e. The molecule has 1 aromatic heterocycles. The average molecular weight is 223 g/mol. The summed E-state index contributed by atoms with van der Waals surface area (Å²) in [5, 5.41) is 4.53. The average Bonchev–Trinajstić information content (AvgIpc) is 2.56. The van der Waals surface area contributed by atoms with Crippen LogP contribution in [0.25, 0.3) is 0 Å². The fourth-order valence-electron chi connectivity index (χ4n) is 2.67. The van der Waals surface area contributed by atoms with Crippen molar-refractivity contribution in [2.75, 3.05) is 19.8 Å². The summed E-state index contributed by atoms with van der Waals surface area (Å²) in [5.41, 5.74) is 9.58. The second-order valence-corrected chi connectivity index (χ2v) is 4.49. The molecule has 1 saturated heterocycles. The summed E-state index contributed by atoms with van der Waals surface area (Å²) < 4.78 is 7.41. The number of hydrogen-bond donors (Lipinski definition) is 1. The Morgan fingerprint density at radius 1 is 1.44 bits per heavy atom. The first-order valence-electron chi connectivity index (χ1n) is 6.04. The first-order valence-corrected chi connectivity index (χ1v) is 6.04. The van der Waals surface area contributed by atoms with E-state index in [1.165, 1.54) is 11.3 Å². The maximum Gasteiger partial charge on any atom is 0.0631 e. The van der Waals surface area contributed by atoms with Gasteiger partial charge in [0.25, 0.3) is 0 Å². The molecule has 1 aliphatic rings. The van der Waals surface area contributed by atoms with Crippen molar-refractivity contribution in [1.29, 1.82) is 0 Å². The normalized spacial score (nSPS) is 17.9. The Balaban J connectivity index is 2.29. The quantitative estimate of drug-likeness (QED) is 0.835. The summed E-state index contributed by atoms with van der Waals surface area (Å²) in [4.78, 5) is 0. The van der Waals surface area contributed by atoms with Gasteiger partial charge in [0.2, 0.25) is 0 Å². The molecule has 1 fully saturated rings. The van der Waals surface area contributed by atoms with Gasteiger partial charge in [0.05, 0.1) is 5.69 Å². The van der Waals surface area contributed by atoms with E-state index in [1.807, 2.05) is 11.7 Å². The molecule has 0 radical (unpaired) electrons. The number of ether oxygens (including phenoxy) is 1. The highest BCUT2D eigenvalue weighted by atomic mass is 16.5. The van der Waals surface area contributed by atoms with Gasteiger partial charge in [-0.1, -0.05) is 0 Å². The fraction of sp³-hybridized carbons (Fsp3) is 0.750. The molecule has 16 heavy (non-hydrogen) atoms. The van der Waals surface area contributed by atoms with Gasteiger partial charge in [0.15, 0.2) is 0 Å². The highest BCUT2D eigenvalue weighted by Crippen LogP contribution is 2.31. The van der Waals surface area contributed by atoms with Crippen LogP contribution >= 0.6 is 0 Å². The summed E-state index contributed by atoms with van der Waals surface area (Å²) in [6.45, 7) is 4.54. The molecule has 1 aromatic rings. The zero-order valence-corrected chi connectivity index (χ0v) is 10.2. The lowest BCUT2D eigenvalue weighted by molar-refractivity contribution is 0.0850. The second kappa shape index (κ2) is 4.97. The molecule has 2 N–H and O–H groups in total. The second-order valence-electron chi connectivity index (χ2n) is 4.49. The van der Waals surface area contributed by atoms with Gasteiger partial charge in [0, 0.05) is 32.4 Å². The van der Waals surface area contributed by atoms with E-state index in [1.54, 1.807) is 0 Å². The lowest BCUT2D eigenvalue weighted by Gasteiger charge is -2.23. The number of hydrogen-bond acceptors (Lipinski definition) is 3. The zero-order valence-electron chi connectivity index (χ0n) is 10.2. The molecule has 90 valence electrons. The molecule has 0 unspecified atom stereocenters. The maximum absolute atomic E-state index is 5.67. The molecule has 2 heterocycles. The van der Waals surface area contributed by atoms with Crippen LogP contribution in [0.1, 0.15) is 35.7 Å². The summed E-state index contributed by atoms with van der Waals surface area (Å²) in [7, 11) is 2.01. The predicted octanol–water partition coefficient (Wildman–Crippen LogP) is 1.12. The number of rotatable bonds is 3. The minimum atomic E-state index is 0.615. The van der Waals surface area contributed by atoms with Crippen LogP contribution in [-0.2, 0) is 18.2 Å². The summed E-state index contributed by atoms with van der Waals surface area (Å²) in [6, 6.07) is 0. The molecule has 0 aliphatic carbocycles. The molecule has 4 nitrogen and oxygen atoms in total. The molecule has 0 bridgehead atoms. The molecule has 0 aromatic carbocycles. The minimum absolute atomic E-state index is 0.615. The maximum atomic E-state index is 5.67. The molecule has 2 rings (SSSR count). The SMILES string of the molecule is Cc1nn(C)c(CCN)c1C1CCOCC1. The Bertz CT molecular complexity index is 353. The molecule has 0 atom stereocenters. The predicted molar refractivity (Wildman–Crippen MR) is 63.5 cm³/mol. The van der Waals surface area contributed by atoms with E-state index in [4.69, 9.17) is 10.5 Å². The smallest absolute Gasteiger partial charge is 0.0631 e. The van der Waals surface area contributed by atoms with Gasteiger partial charge >= 0.3 is 0 Å². The third-order valence-electron chi connectivity index (χ3n) is 3.40. The molecular weight excluding hydrogens is 202 g/mol. The van der Waals surface area contributed by atoms with Crippen molar-refractivity contribution < 1.29 is 4.74 Å². The Kier molecular flexibility index (Phi) is 3.61. The number of nitrogens with two attached hydrogens (primary N) is 1. The minimum Gasteiger partial charge on any atom is -0.381 e. The highest BCUT2D eigenvalue weighted by molar-refractivity contribution is 5.30. The van der Waals surface area contributed by atoms with Gasteiger partial charge in [0.1, 0.15) is 0 Å². The van der Waals surface area contributed by atoms with E-state index in [0.717, 1.165) is 38.2 Å². The van der Waals surface area contributed by atoms with Gasteiger partial charge < -0.3 is 10.5 Å². The van der Waals surface area contributed by atoms with Crippen molar-refractivity contribution in [1.82, 2.24) is 9.78 Å². The summed E-state index contributed by atoms with van der Waals surface area (Å²) in [6.07, 6.45) is 3.15. The van der Waals surface area contributed by atoms with E-state index >= 15 is 0 Å². The molecule has 0 spiro atoms. The van der Waals surface area contributed by atoms with Crippen molar-refractivity contribution in [2.24, 2.45) is 12.8 Å². The number of aryl methyl sites for hydroxylation is 2. The summed E-state index contributed by atoms with van der Waals surface area (Å²) in [5.74, 6) is 0.615. The number of nitrogens with zero attached hydrogens (tertiary/aromatic N) is 2. The van der Waals surface area contributed by atoms with Crippen LogP contribution < -0.4 is 5.73 Å². The Labute approximate surface area is 96.8 Å². The van der Waals surface area contributed by atoms with Crippen molar-refractivity contribution in [3.05, 3.63) is 17.0 Å². The Morgan fingerprint density at radius 3 is 2.75 bits per heavy atom. The van der Waals surface area contributed by atoms with Gasteiger partial charge in [-0.2, -0.15) is 5.10 Å². The van der Waals surface area contributed by atoms with Gasteiger partial charge in [-0.05, 0) is 37.8 Å². The lowest BCUT2D eigenvalue weighted by atomic mass is 9.89. The Hall–Kier alpha value is -0.870. The monoisotopic (exact) mass is 223 g/mol. The van der Waals surface area contributed by atoms with E-state index in [-0.39, 0.29) is 0 Å². The van der Waals surface area contributed by atoms with Crippen LogP contribution in [0.4, 0.5) is 0 Å².